The predicted octanol–water partition coefficient (Wildman–Crippen LogP) is 1.96. The number of benzene rings is 1. The van der Waals surface area contributed by atoms with Gasteiger partial charge in [0.25, 0.3) is 0 Å². The van der Waals surface area contributed by atoms with Crippen LogP contribution in [0.15, 0.2) is 18.2 Å². The number of rotatable bonds is 3. The van der Waals surface area contributed by atoms with Gasteiger partial charge < -0.3 is 14.6 Å². The Morgan fingerprint density at radius 2 is 2.04 bits per heavy atom. The van der Waals surface area contributed by atoms with Crippen LogP contribution in [-0.2, 0) is 27.4 Å². The number of aliphatic carboxylic acids is 1. The lowest BCUT2D eigenvalue weighted by Gasteiger charge is -2.20. The average molecular weight is 366 g/mol. The summed E-state index contributed by atoms with van der Waals surface area (Å²) < 4.78 is 24.0. The van der Waals surface area contributed by atoms with E-state index in [1.54, 1.807) is 19.1 Å². The lowest BCUT2D eigenvalue weighted by Crippen LogP contribution is -2.41. The summed E-state index contributed by atoms with van der Waals surface area (Å²) >= 11 is 0. The summed E-state index contributed by atoms with van der Waals surface area (Å²) in [5.74, 6) is -1.56. The van der Waals surface area contributed by atoms with Crippen LogP contribution >= 0.6 is 0 Å². The quantitative estimate of drug-likeness (QED) is 0.878. The van der Waals surface area contributed by atoms with Crippen LogP contribution in [0.25, 0.3) is 0 Å². The molecular weight excluding hydrogens is 347 g/mol. The molecule has 1 aromatic carbocycles. The molecule has 0 radical (unpaired) electrons. The summed E-state index contributed by atoms with van der Waals surface area (Å²) in [5.41, 5.74) is 1.16. The Kier molecular flexibility index (Phi) is 4.97. The highest BCUT2D eigenvalue weighted by Gasteiger charge is 2.43. The van der Waals surface area contributed by atoms with E-state index in [9.17, 15) is 23.9 Å². The second-order valence-corrected chi connectivity index (χ2v) is 6.18. The molecule has 26 heavy (non-hydrogen) atoms. The van der Waals surface area contributed by atoms with Crippen molar-refractivity contribution < 1.29 is 33.4 Å². The summed E-state index contributed by atoms with van der Waals surface area (Å²) in [6, 6.07) is 3.54. The maximum atomic E-state index is 13.8. The number of nitrogens with zero attached hydrogens (tertiary/aromatic N) is 2. The highest BCUT2D eigenvalue weighted by Crippen LogP contribution is 2.27. The number of ether oxygens (including phenoxy) is 2. The van der Waals surface area contributed by atoms with E-state index in [-0.39, 0.29) is 38.5 Å². The molecule has 1 aromatic rings. The average Bonchev–Trinajstić information content (AvgIpc) is 3.20. The fourth-order valence-electron chi connectivity index (χ4n) is 3.25. The Labute approximate surface area is 149 Å². The SMILES string of the molecule is CCOC(=O)N1CC(OC(=O)N2Cc3cccc(F)c3C2)CC1C(=O)O. The van der Waals surface area contributed by atoms with Gasteiger partial charge >= 0.3 is 18.2 Å². The number of carboxylic acids is 1. The summed E-state index contributed by atoms with van der Waals surface area (Å²) in [6.45, 7) is 1.99. The highest BCUT2D eigenvalue weighted by molar-refractivity contribution is 5.81. The minimum Gasteiger partial charge on any atom is -0.480 e. The Morgan fingerprint density at radius 1 is 1.27 bits per heavy atom. The molecule has 2 atom stereocenters. The third kappa shape index (κ3) is 3.42. The van der Waals surface area contributed by atoms with Gasteiger partial charge in [-0.05, 0) is 18.6 Å². The topological polar surface area (TPSA) is 96.4 Å². The summed E-state index contributed by atoms with van der Waals surface area (Å²) in [5, 5.41) is 9.27. The molecule has 9 heteroatoms. The molecule has 0 spiro atoms. The van der Waals surface area contributed by atoms with E-state index in [0.717, 1.165) is 4.90 Å². The zero-order valence-corrected chi connectivity index (χ0v) is 14.2. The van der Waals surface area contributed by atoms with Crippen molar-refractivity contribution in [3.8, 4) is 0 Å². The Hall–Kier alpha value is -2.84. The summed E-state index contributed by atoms with van der Waals surface area (Å²) in [6.07, 6.45) is -2.20. The molecule has 2 aliphatic rings. The molecule has 2 heterocycles. The monoisotopic (exact) mass is 366 g/mol. The van der Waals surface area contributed by atoms with Crippen molar-refractivity contribution >= 4 is 18.2 Å². The third-order valence-corrected chi connectivity index (χ3v) is 4.50. The van der Waals surface area contributed by atoms with Crippen molar-refractivity contribution in [2.24, 2.45) is 0 Å². The first kappa shape index (κ1) is 18.0. The van der Waals surface area contributed by atoms with Gasteiger partial charge in [0.1, 0.15) is 18.0 Å². The first-order chi connectivity index (χ1) is 12.4. The van der Waals surface area contributed by atoms with E-state index < -0.39 is 30.3 Å². The molecule has 3 rings (SSSR count). The molecular formula is C17H19FN2O6. The first-order valence-corrected chi connectivity index (χ1v) is 8.28. The van der Waals surface area contributed by atoms with Crippen LogP contribution in [0.3, 0.4) is 0 Å². The van der Waals surface area contributed by atoms with Crippen molar-refractivity contribution in [3.63, 3.8) is 0 Å². The number of hydrogen-bond acceptors (Lipinski definition) is 5. The zero-order valence-electron chi connectivity index (χ0n) is 14.2. The second kappa shape index (κ2) is 7.19. The van der Waals surface area contributed by atoms with Crippen LogP contribution in [0, 0.1) is 5.82 Å². The zero-order chi connectivity index (χ0) is 18.8. The van der Waals surface area contributed by atoms with Gasteiger partial charge in [0, 0.05) is 18.5 Å². The lowest BCUT2D eigenvalue weighted by molar-refractivity contribution is -0.141. The smallest absolute Gasteiger partial charge is 0.410 e. The van der Waals surface area contributed by atoms with Crippen molar-refractivity contribution in [2.45, 2.75) is 38.6 Å². The minimum absolute atomic E-state index is 0.0188. The van der Waals surface area contributed by atoms with Gasteiger partial charge in [-0.25, -0.2) is 18.8 Å². The van der Waals surface area contributed by atoms with Crippen molar-refractivity contribution in [1.29, 1.82) is 0 Å². The van der Waals surface area contributed by atoms with Crippen molar-refractivity contribution in [3.05, 3.63) is 35.1 Å². The van der Waals surface area contributed by atoms with Crippen LogP contribution in [0.1, 0.15) is 24.5 Å². The molecule has 1 saturated heterocycles. The van der Waals surface area contributed by atoms with Gasteiger partial charge in [0.05, 0.1) is 19.7 Å². The Balaban J connectivity index is 1.63. The molecule has 0 aromatic heterocycles. The van der Waals surface area contributed by atoms with Gasteiger partial charge in [0.2, 0.25) is 0 Å². The Morgan fingerprint density at radius 3 is 2.69 bits per heavy atom. The molecule has 140 valence electrons. The first-order valence-electron chi connectivity index (χ1n) is 8.28. The van der Waals surface area contributed by atoms with E-state index in [2.05, 4.69) is 0 Å². The van der Waals surface area contributed by atoms with Crippen molar-refractivity contribution in [2.75, 3.05) is 13.2 Å². The molecule has 1 fully saturated rings. The second-order valence-electron chi connectivity index (χ2n) is 6.18. The number of carboxylic acid groups (broad SMARTS) is 1. The molecule has 0 saturated carbocycles. The number of carbonyl (C=O) groups is 3. The molecule has 2 unspecified atom stereocenters. The fraction of sp³-hybridized carbons (Fsp3) is 0.471. The van der Waals surface area contributed by atoms with E-state index in [0.29, 0.717) is 11.1 Å². The van der Waals surface area contributed by atoms with E-state index in [1.165, 1.54) is 11.0 Å². The van der Waals surface area contributed by atoms with E-state index in [4.69, 9.17) is 9.47 Å². The van der Waals surface area contributed by atoms with Crippen LogP contribution in [-0.4, -0.2) is 58.4 Å². The molecule has 2 amide bonds. The largest absolute Gasteiger partial charge is 0.480 e. The maximum absolute atomic E-state index is 13.8. The number of amides is 2. The van der Waals surface area contributed by atoms with Crippen molar-refractivity contribution in [1.82, 2.24) is 9.80 Å². The lowest BCUT2D eigenvalue weighted by atomic mass is 10.1. The van der Waals surface area contributed by atoms with Gasteiger partial charge in [-0.2, -0.15) is 0 Å². The van der Waals surface area contributed by atoms with Crippen LogP contribution in [0.4, 0.5) is 14.0 Å². The van der Waals surface area contributed by atoms with Crippen LogP contribution in [0.2, 0.25) is 0 Å². The molecule has 0 bridgehead atoms. The number of carbonyl (C=O) groups excluding carboxylic acids is 2. The van der Waals surface area contributed by atoms with E-state index >= 15 is 0 Å². The van der Waals surface area contributed by atoms with E-state index in [1.807, 2.05) is 0 Å². The Bertz CT molecular complexity index is 740. The van der Waals surface area contributed by atoms with Gasteiger partial charge in [0.15, 0.2) is 0 Å². The standard InChI is InChI=1S/C17H19FN2O6/c1-2-25-17(24)20-8-11(6-14(20)15(21)22)26-16(23)19-7-10-4-3-5-13(18)12(10)9-19/h3-5,11,14H,2,6-9H2,1H3,(H,21,22). The number of fused-ring (bicyclic) bond motifs is 1. The van der Waals surface area contributed by atoms with Crippen LogP contribution < -0.4 is 0 Å². The molecule has 2 aliphatic heterocycles. The summed E-state index contributed by atoms with van der Waals surface area (Å²) in [4.78, 5) is 38.0. The number of hydrogen-bond donors (Lipinski definition) is 1. The molecule has 8 nitrogen and oxygen atoms in total. The predicted molar refractivity (Wildman–Crippen MR) is 85.7 cm³/mol. The fourth-order valence-corrected chi connectivity index (χ4v) is 3.25. The number of likely N-dealkylation sites (tertiary alicyclic amines) is 1. The number of halogens is 1. The molecule has 1 N–H and O–H groups in total. The molecule has 0 aliphatic carbocycles. The maximum Gasteiger partial charge on any atom is 0.410 e. The third-order valence-electron chi connectivity index (χ3n) is 4.50. The van der Waals surface area contributed by atoms with Gasteiger partial charge in [-0.15, -0.1) is 0 Å². The van der Waals surface area contributed by atoms with Crippen LogP contribution in [0.5, 0.6) is 0 Å². The van der Waals surface area contributed by atoms with Gasteiger partial charge in [-0.3, -0.25) is 9.80 Å². The summed E-state index contributed by atoms with van der Waals surface area (Å²) in [7, 11) is 0. The highest BCUT2D eigenvalue weighted by atomic mass is 19.1. The van der Waals surface area contributed by atoms with Gasteiger partial charge in [-0.1, -0.05) is 12.1 Å². The normalized spacial score (nSPS) is 21.5. The minimum atomic E-state index is -1.19.